The van der Waals surface area contributed by atoms with Gasteiger partial charge in [-0.15, -0.1) is 0 Å². The Morgan fingerprint density at radius 1 is 1.47 bits per heavy atom. The Labute approximate surface area is 93.0 Å². The molecule has 1 unspecified atom stereocenters. The van der Waals surface area contributed by atoms with E-state index in [-0.39, 0.29) is 5.41 Å². The van der Waals surface area contributed by atoms with Crippen LogP contribution >= 0.6 is 0 Å². The predicted octanol–water partition coefficient (Wildman–Crippen LogP) is 1.76. The molecular weight excluding hydrogens is 188 g/mol. The average molecular weight is 212 g/mol. The lowest BCUT2D eigenvalue weighted by Gasteiger charge is -2.35. The lowest BCUT2D eigenvalue weighted by atomic mass is 9.92. The molecule has 0 aromatic heterocycles. The fraction of sp³-hybridized carbons (Fsp3) is 0.917. The first-order chi connectivity index (χ1) is 6.96. The first-order valence-electron chi connectivity index (χ1n) is 5.96. The zero-order chi connectivity index (χ0) is 11.5. The van der Waals surface area contributed by atoms with Crippen LogP contribution in [0.3, 0.4) is 0 Å². The summed E-state index contributed by atoms with van der Waals surface area (Å²) in [5.41, 5.74) is 5.75. The second-order valence-electron chi connectivity index (χ2n) is 5.48. The van der Waals surface area contributed by atoms with E-state index in [1.54, 1.807) is 0 Å². The topological polar surface area (TPSA) is 46.3 Å². The van der Waals surface area contributed by atoms with Crippen LogP contribution < -0.4 is 5.73 Å². The van der Waals surface area contributed by atoms with Crippen LogP contribution in [0.2, 0.25) is 0 Å². The van der Waals surface area contributed by atoms with Crippen molar-refractivity contribution in [3.63, 3.8) is 0 Å². The highest BCUT2D eigenvalue weighted by atomic mass is 16.2. The molecule has 1 heterocycles. The molecule has 1 amide bonds. The van der Waals surface area contributed by atoms with Gasteiger partial charge in [-0.2, -0.15) is 0 Å². The molecule has 0 spiro atoms. The Morgan fingerprint density at radius 3 is 2.73 bits per heavy atom. The standard InChI is InChI=1S/C12H24N2O/c1-10-6-4-5-7-11(15)14(10)9-12(2,3)8-13/h10H,4-9,13H2,1-3H3. The van der Waals surface area contributed by atoms with Crippen LogP contribution in [0.1, 0.15) is 46.5 Å². The molecule has 1 aliphatic rings. The number of carbonyl (C=O) groups is 1. The highest BCUT2D eigenvalue weighted by Crippen LogP contribution is 2.23. The molecule has 0 saturated carbocycles. The molecule has 0 radical (unpaired) electrons. The SMILES string of the molecule is CC1CCCCC(=O)N1CC(C)(C)CN. The summed E-state index contributed by atoms with van der Waals surface area (Å²) in [6, 6.07) is 0.380. The van der Waals surface area contributed by atoms with Crippen LogP contribution in [-0.4, -0.2) is 29.9 Å². The molecule has 3 nitrogen and oxygen atoms in total. The van der Waals surface area contributed by atoms with E-state index in [4.69, 9.17) is 5.73 Å². The third kappa shape index (κ3) is 3.49. The Hall–Kier alpha value is -0.570. The number of nitrogens with two attached hydrogens (primary N) is 1. The zero-order valence-corrected chi connectivity index (χ0v) is 10.3. The number of hydrogen-bond acceptors (Lipinski definition) is 2. The van der Waals surface area contributed by atoms with Gasteiger partial charge in [-0.25, -0.2) is 0 Å². The molecule has 0 aliphatic carbocycles. The zero-order valence-electron chi connectivity index (χ0n) is 10.3. The molecule has 1 rings (SSSR count). The lowest BCUT2D eigenvalue weighted by molar-refractivity contribution is -0.134. The van der Waals surface area contributed by atoms with E-state index in [1.807, 2.05) is 4.90 Å². The van der Waals surface area contributed by atoms with Gasteiger partial charge in [0, 0.05) is 19.0 Å². The minimum absolute atomic E-state index is 0.0360. The van der Waals surface area contributed by atoms with Crippen molar-refractivity contribution in [2.75, 3.05) is 13.1 Å². The molecule has 1 aliphatic heterocycles. The molecule has 1 saturated heterocycles. The fourth-order valence-corrected chi connectivity index (χ4v) is 2.03. The van der Waals surface area contributed by atoms with Gasteiger partial charge in [-0.1, -0.05) is 20.3 Å². The number of likely N-dealkylation sites (tertiary alicyclic amines) is 1. The van der Waals surface area contributed by atoms with Crippen molar-refractivity contribution in [1.82, 2.24) is 4.90 Å². The molecular formula is C12H24N2O. The molecule has 88 valence electrons. The molecule has 0 bridgehead atoms. The van der Waals surface area contributed by atoms with Gasteiger partial charge in [-0.3, -0.25) is 4.79 Å². The van der Waals surface area contributed by atoms with Crippen LogP contribution in [0.4, 0.5) is 0 Å². The molecule has 2 N–H and O–H groups in total. The van der Waals surface area contributed by atoms with E-state index in [9.17, 15) is 4.79 Å². The van der Waals surface area contributed by atoms with Gasteiger partial charge >= 0.3 is 0 Å². The van der Waals surface area contributed by atoms with Gasteiger partial charge in [0.25, 0.3) is 0 Å². The van der Waals surface area contributed by atoms with Gasteiger partial charge in [-0.05, 0) is 31.7 Å². The third-order valence-electron chi connectivity index (χ3n) is 3.27. The van der Waals surface area contributed by atoms with Crippen molar-refractivity contribution >= 4 is 5.91 Å². The van der Waals surface area contributed by atoms with E-state index < -0.39 is 0 Å². The number of nitrogens with zero attached hydrogens (tertiary/aromatic N) is 1. The second-order valence-corrected chi connectivity index (χ2v) is 5.48. The average Bonchev–Trinajstić information content (AvgIpc) is 2.33. The van der Waals surface area contributed by atoms with E-state index in [0.717, 1.165) is 19.4 Å². The first-order valence-corrected chi connectivity index (χ1v) is 5.96. The summed E-state index contributed by atoms with van der Waals surface area (Å²) in [7, 11) is 0. The van der Waals surface area contributed by atoms with Crippen LogP contribution in [0.25, 0.3) is 0 Å². The molecule has 1 atom stereocenters. The largest absolute Gasteiger partial charge is 0.339 e. The van der Waals surface area contributed by atoms with Gasteiger partial charge in [0.2, 0.25) is 5.91 Å². The van der Waals surface area contributed by atoms with Crippen LogP contribution in [0, 0.1) is 5.41 Å². The van der Waals surface area contributed by atoms with Crippen molar-refractivity contribution in [3.05, 3.63) is 0 Å². The maximum absolute atomic E-state index is 11.9. The number of rotatable bonds is 3. The molecule has 0 aromatic carbocycles. The molecule has 15 heavy (non-hydrogen) atoms. The normalized spacial score (nSPS) is 24.1. The summed E-state index contributed by atoms with van der Waals surface area (Å²) in [5.74, 6) is 0.307. The lowest BCUT2D eigenvalue weighted by Crippen LogP contribution is -2.45. The highest BCUT2D eigenvalue weighted by Gasteiger charge is 2.28. The minimum Gasteiger partial charge on any atom is -0.339 e. The predicted molar refractivity (Wildman–Crippen MR) is 62.5 cm³/mol. The van der Waals surface area contributed by atoms with Crippen LogP contribution in [0.15, 0.2) is 0 Å². The minimum atomic E-state index is 0.0360. The molecule has 3 heteroatoms. The maximum atomic E-state index is 11.9. The summed E-state index contributed by atoms with van der Waals surface area (Å²) in [6.07, 6.45) is 4.06. The van der Waals surface area contributed by atoms with Crippen molar-refractivity contribution in [1.29, 1.82) is 0 Å². The number of carbonyl (C=O) groups excluding carboxylic acids is 1. The van der Waals surface area contributed by atoms with Gasteiger partial charge in [0.1, 0.15) is 0 Å². The van der Waals surface area contributed by atoms with Crippen molar-refractivity contribution in [3.8, 4) is 0 Å². The van der Waals surface area contributed by atoms with Crippen LogP contribution in [-0.2, 0) is 4.79 Å². The number of amides is 1. The van der Waals surface area contributed by atoms with E-state index in [2.05, 4.69) is 20.8 Å². The summed E-state index contributed by atoms with van der Waals surface area (Å²) < 4.78 is 0. The van der Waals surface area contributed by atoms with Gasteiger partial charge in [0.05, 0.1) is 0 Å². The monoisotopic (exact) mass is 212 g/mol. The van der Waals surface area contributed by atoms with E-state index >= 15 is 0 Å². The van der Waals surface area contributed by atoms with Gasteiger partial charge in [0.15, 0.2) is 0 Å². The second kappa shape index (κ2) is 4.97. The summed E-state index contributed by atoms with van der Waals surface area (Å²) >= 11 is 0. The Bertz CT molecular complexity index is 226. The Kier molecular flexibility index (Phi) is 4.14. The first kappa shape index (κ1) is 12.5. The Morgan fingerprint density at radius 2 is 2.13 bits per heavy atom. The fourth-order valence-electron chi connectivity index (χ4n) is 2.03. The van der Waals surface area contributed by atoms with Crippen molar-refractivity contribution < 1.29 is 4.79 Å². The molecule has 1 fully saturated rings. The van der Waals surface area contributed by atoms with Crippen molar-refractivity contribution in [2.24, 2.45) is 11.1 Å². The highest BCUT2D eigenvalue weighted by molar-refractivity contribution is 5.76. The maximum Gasteiger partial charge on any atom is 0.222 e. The van der Waals surface area contributed by atoms with E-state index in [0.29, 0.717) is 24.9 Å². The van der Waals surface area contributed by atoms with Crippen LogP contribution in [0.5, 0.6) is 0 Å². The quantitative estimate of drug-likeness (QED) is 0.775. The number of hydrogen-bond donors (Lipinski definition) is 1. The summed E-state index contributed by atoms with van der Waals surface area (Å²) in [4.78, 5) is 13.9. The van der Waals surface area contributed by atoms with E-state index in [1.165, 1.54) is 6.42 Å². The van der Waals surface area contributed by atoms with Gasteiger partial charge < -0.3 is 10.6 Å². The summed E-state index contributed by atoms with van der Waals surface area (Å²) in [6.45, 7) is 7.82. The summed E-state index contributed by atoms with van der Waals surface area (Å²) in [5, 5.41) is 0. The third-order valence-corrected chi connectivity index (χ3v) is 3.27. The molecule has 0 aromatic rings. The van der Waals surface area contributed by atoms with Crippen molar-refractivity contribution in [2.45, 2.75) is 52.5 Å². The smallest absolute Gasteiger partial charge is 0.222 e. The Balaban J connectivity index is 2.67.